The normalized spacial score (nSPS) is 18.2. The molecular weight excluding hydrogens is 248 g/mol. The molecule has 1 rings (SSSR count). The number of rotatable bonds is 7. The summed E-state index contributed by atoms with van der Waals surface area (Å²) >= 11 is 0. The summed E-state index contributed by atoms with van der Waals surface area (Å²) in [7, 11) is 0. The van der Waals surface area contributed by atoms with Gasteiger partial charge in [0.15, 0.2) is 0 Å². The van der Waals surface area contributed by atoms with E-state index in [-0.39, 0.29) is 0 Å². The van der Waals surface area contributed by atoms with Gasteiger partial charge in [0, 0.05) is 19.0 Å². The fourth-order valence-corrected chi connectivity index (χ4v) is 3.52. The Balaban J connectivity index is 2.53. The third kappa shape index (κ3) is 6.25. The standard InChI is InChI=1S/C17H34N2O/c1-14(13-17(2,3)4)12-16(20)19(11-7-10-18)15-8-5-6-9-15/h14-15H,5-13,18H2,1-4H3. The lowest BCUT2D eigenvalue weighted by Gasteiger charge is -2.31. The zero-order valence-electron chi connectivity index (χ0n) is 14.0. The van der Waals surface area contributed by atoms with Crippen LogP contribution in [0.5, 0.6) is 0 Å². The van der Waals surface area contributed by atoms with Crippen LogP contribution in [-0.4, -0.2) is 29.9 Å². The lowest BCUT2D eigenvalue weighted by molar-refractivity contribution is -0.134. The molecule has 0 aromatic rings. The molecular formula is C17H34N2O. The summed E-state index contributed by atoms with van der Waals surface area (Å²) in [4.78, 5) is 14.8. The molecule has 0 aromatic heterocycles. The zero-order chi connectivity index (χ0) is 15.2. The molecule has 0 spiro atoms. The van der Waals surface area contributed by atoms with Gasteiger partial charge in [-0.05, 0) is 43.6 Å². The molecule has 1 unspecified atom stereocenters. The van der Waals surface area contributed by atoms with Gasteiger partial charge in [-0.3, -0.25) is 4.79 Å². The van der Waals surface area contributed by atoms with Crippen molar-refractivity contribution in [3.8, 4) is 0 Å². The van der Waals surface area contributed by atoms with Gasteiger partial charge >= 0.3 is 0 Å². The lowest BCUT2D eigenvalue weighted by atomic mass is 9.84. The third-order valence-electron chi connectivity index (χ3n) is 4.17. The molecule has 0 saturated heterocycles. The molecule has 3 heteroatoms. The number of carbonyl (C=O) groups excluding carboxylic acids is 1. The Kier molecular flexibility index (Phi) is 7.01. The number of hydrogen-bond donors (Lipinski definition) is 1. The highest BCUT2D eigenvalue weighted by Crippen LogP contribution is 2.28. The van der Waals surface area contributed by atoms with E-state index in [0.717, 1.165) is 19.4 Å². The minimum atomic E-state index is 0.301. The van der Waals surface area contributed by atoms with Crippen LogP contribution in [0.25, 0.3) is 0 Å². The molecule has 3 nitrogen and oxygen atoms in total. The molecule has 0 radical (unpaired) electrons. The molecule has 0 heterocycles. The van der Waals surface area contributed by atoms with Crippen LogP contribution in [0.2, 0.25) is 0 Å². The monoisotopic (exact) mass is 282 g/mol. The van der Waals surface area contributed by atoms with Gasteiger partial charge in [0.2, 0.25) is 5.91 Å². The largest absolute Gasteiger partial charge is 0.340 e. The molecule has 1 fully saturated rings. The van der Waals surface area contributed by atoms with Crippen molar-refractivity contribution in [2.45, 2.75) is 78.7 Å². The third-order valence-corrected chi connectivity index (χ3v) is 4.17. The SMILES string of the molecule is CC(CC(=O)N(CCCN)C1CCCC1)CC(C)(C)C. The van der Waals surface area contributed by atoms with Crippen LogP contribution in [0.4, 0.5) is 0 Å². The molecule has 1 aliphatic carbocycles. The first-order valence-electron chi connectivity index (χ1n) is 8.33. The number of nitrogens with two attached hydrogens (primary N) is 1. The molecule has 1 amide bonds. The average molecular weight is 282 g/mol. The minimum Gasteiger partial charge on any atom is -0.340 e. The van der Waals surface area contributed by atoms with Crippen molar-refractivity contribution >= 4 is 5.91 Å². The molecule has 0 aromatic carbocycles. The van der Waals surface area contributed by atoms with E-state index in [1.54, 1.807) is 0 Å². The van der Waals surface area contributed by atoms with E-state index >= 15 is 0 Å². The topological polar surface area (TPSA) is 46.3 Å². The van der Waals surface area contributed by atoms with Crippen molar-refractivity contribution in [1.82, 2.24) is 4.90 Å². The summed E-state index contributed by atoms with van der Waals surface area (Å²) in [6, 6.07) is 0.482. The summed E-state index contributed by atoms with van der Waals surface area (Å²) in [5, 5.41) is 0. The first-order valence-corrected chi connectivity index (χ1v) is 8.33. The molecule has 0 bridgehead atoms. The predicted molar refractivity (Wildman–Crippen MR) is 85.5 cm³/mol. The van der Waals surface area contributed by atoms with E-state index in [2.05, 4.69) is 32.6 Å². The Morgan fingerprint density at radius 1 is 1.30 bits per heavy atom. The van der Waals surface area contributed by atoms with Crippen LogP contribution in [0.15, 0.2) is 0 Å². The number of amides is 1. The van der Waals surface area contributed by atoms with Crippen molar-refractivity contribution in [2.75, 3.05) is 13.1 Å². The van der Waals surface area contributed by atoms with Crippen LogP contribution in [0.3, 0.4) is 0 Å². The van der Waals surface area contributed by atoms with Crippen LogP contribution >= 0.6 is 0 Å². The summed E-state index contributed by atoms with van der Waals surface area (Å²) < 4.78 is 0. The second-order valence-electron chi connectivity index (χ2n) is 7.74. The van der Waals surface area contributed by atoms with Crippen molar-refractivity contribution in [1.29, 1.82) is 0 Å². The van der Waals surface area contributed by atoms with Gasteiger partial charge in [-0.1, -0.05) is 40.5 Å². The minimum absolute atomic E-state index is 0.301. The number of nitrogens with zero attached hydrogens (tertiary/aromatic N) is 1. The molecule has 1 atom stereocenters. The van der Waals surface area contributed by atoms with E-state index < -0.39 is 0 Å². The Labute approximate surface area is 125 Å². The number of hydrogen-bond acceptors (Lipinski definition) is 2. The van der Waals surface area contributed by atoms with Crippen LogP contribution in [0.1, 0.15) is 72.6 Å². The Hall–Kier alpha value is -0.570. The Bertz CT molecular complexity index is 290. The van der Waals surface area contributed by atoms with Gasteiger partial charge in [0.25, 0.3) is 0 Å². The van der Waals surface area contributed by atoms with Gasteiger partial charge < -0.3 is 10.6 Å². The fourth-order valence-electron chi connectivity index (χ4n) is 3.52. The lowest BCUT2D eigenvalue weighted by Crippen LogP contribution is -2.41. The molecule has 2 N–H and O–H groups in total. The Morgan fingerprint density at radius 2 is 1.90 bits per heavy atom. The fraction of sp³-hybridized carbons (Fsp3) is 0.941. The highest BCUT2D eigenvalue weighted by atomic mass is 16.2. The molecule has 118 valence electrons. The van der Waals surface area contributed by atoms with Gasteiger partial charge in [-0.25, -0.2) is 0 Å². The summed E-state index contributed by atoms with van der Waals surface area (Å²) in [5.74, 6) is 0.811. The first kappa shape index (κ1) is 17.5. The predicted octanol–water partition coefficient (Wildman–Crippen LogP) is 3.57. The molecule has 20 heavy (non-hydrogen) atoms. The van der Waals surface area contributed by atoms with Gasteiger partial charge in [0.05, 0.1) is 0 Å². The van der Waals surface area contributed by atoms with Gasteiger partial charge in [0.1, 0.15) is 0 Å². The smallest absolute Gasteiger partial charge is 0.223 e. The molecule has 0 aliphatic heterocycles. The van der Waals surface area contributed by atoms with Gasteiger partial charge in [-0.2, -0.15) is 0 Å². The summed E-state index contributed by atoms with van der Waals surface area (Å²) in [5.41, 5.74) is 5.92. The van der Waals surface area contributed by atoms with Crippen LogP contribution in [0, 0.1) is 11.3 Å². The molecule has 1 aliphatic rings. The maximum atomic E-state index is 12.6. The van der Waals surface area contributed by atoms with Crippen molar-refractivity contribution in [2.24, 2.45) is 17.1 Å². The second-order valence-corrected chi connectivity index (χ2v) is 7.74. The van der Waals surface area contributed by atoms with Crippen LogP contribution in [-0.2, 0) is 4.79 Å². The van der Waals surface area contributed by atoms with E-state index in [4.69, 9.17) is 5.73 Å². The van der Waals surface area contributed by atoms with Crippen molar-refractivity contribution in [3.05, 3.63) is 0 Å². The highest BCUT2D eigenvalue weighted by molar-refractivity contribution is 5.76. The van der Waals surface area contributed by atoms with Gasteiger partial charge in [-0.15, -0.1) is 0 Å². The van der Waals surface area contributed by atoms with E-state index in [9.17, 15) is 4.79 Å². The zero-order valence-corrected chi connectivity index (χ0v) is 14.0. The van der Waals surface area contributed by atoms with E-state index in [1.807, 2.05) is 0 Å². The van der Waals surface area contributed by atoms with E-state index in [1.165, 1.54) is 25.7 Å². The quantitative estimate of drug-likeness (QED) is 0.776. The second kappa shape index (κ2) is 8.02. The maximum Gasteiger partial charge on any atom is 0.223 e. The highest BCUT2D eigenvalue weighted by Gasteiger charge is 2.27. The van der Waals surface area contributed by atoms with E-state index in [0.29, 0.717) is 36.2 Å². The Morgan fingerprint density at radius 3 is 2.40 bits per heavy atom. The van der Waals surface area contributed by atoms with Crippen molar-refractivity contribution < 1.29 is 4.79 Å². The maximum absolute atomic E-state index is 12.6. The number of carbonyl (C=O) groups is 1. The summed E-state index contributed by atoms with van der Waals surface area (Å²) in [6.45, 7) is 10.5. The molecule has 1 saturated carbocycles. The average Bonchev–Trinajstić information content (AvgIpc) is 2.80. The van der Waals surface area contributed by atoms with Crippen LogP contribution < -0.4 is 5.73 Å². The van der Waals surface area contributed by atoms with Crippen molar-refractivity contribution in [3.63, 3.8) is 0 Å². The first-order chi connectivity index (χ1) is 9.33. The summed E-state index contributed by atoms with van der Waals surface area (Å²) in [6.07, 6.45) is 7.64.